The van der Waals surface area contributed by atoms with E-state index in [1.54, 1.807) is 21.3 Å². The number of aryl methyl sites for hydroxylation is 3. The first-order chi connectivity index (χ1) is 15.4. The van der Waals surface area contributed by atoms with E-state index in [2.05, 4.69) is 72.9 Å². The number of benzene rings is 2. The average molecular weight is 484 g/mol. The van der Waals surface area contributed by atoms with Crippen LogP contribution in [0.25, 0.3) is 5.69 Å². The van der Waals surface area contributed by atoms with Crippen LogP contribution in [0.15, 0.2) is 55.1 Å². The fourth-order valence-electron chi connectivity index (χ4n) is 3.83. The Morgan fingerprint density at radius 2 is 1.36 bits per heavy atom. The third kappa shape index (κ3) is 7.26. The molecule has 0 N–H and O–H groups in total. The van der Waals surface area contributed by atoms with Crippen LogP contribution in [-0.4, -0.2) is 42.0 Å². The van der Waals surface area contributed by atoms with Crippen molar-refractivity contribution in [3.63, 3.8) is 0 Å². The second kappa shape index (κ2) is 11.1. The molecule has 0 saturated heterocycles. The van der Waals surface area contributed by atoms with Gasteiger partial charge in [-0.2, -0.15) is 0 Å². The fourth-order valence-corrected chi connectivity index (χ4v) is 5.61. The molecule has 11 heteroatoms. The molecule has 3 rings (SSSR count). The lowest BCUT2D eigenvalue weighted by molar-refractivity contribution is -0.596. The van der Waals surface area contributed by atoms with Gasteiger partial charge < -0.3 is 30.5 Å². The first kappa shape index (κ1) is 26.8. The maximum Gasteiger partial charge on any atom is 0.673 e. The van der Waals surface area contributed by atoms with Crippen molar-refractivity contribution in [3.8, 4) is 5.69 Å². The zero-order valence-electron chi connectivity index (χ0n) is 19.6. The molecule has 0 fully saturated rings. The second-order valence-corrected chi connectivity index (χ2v) is 10.5. The molecule has 5 nitrogen and oxygen atoms in total. The Hall–Kier alpha value is -2.47. The van der Waals surface area contributed by atoms with E-state index in [1.165, 1.54) is 27.9 Å². The third-order valence-corrected chi connectivity index (χ3v) is 7.72. The van der Waals surface area contributed by atoms with Crippen molar-refractivity contribution in [2.24, 2.45) is 0 Å². The Kier molecular flexibility index (Phi) is 9.01. The Labute approximate surface area is 193 Å². The highest BCUT2D eigenvalue weighted by molar-refractivity contribution is 6.75. The highest BCUT2D eigenvalue weighted by Crippen LogP contribution is 2.16. The zero-order valence-corrected chi connectivity index (χ0v) is 20.6. The van der Waals surface area contributed by atoms with Gasteiger partial charge in [0.05, 0.1) is 0 Å². The van der Waals surface area contributed by atoms with Gasteiger partial charge >= 0.3 is 16.1 Å². The first-order valence-corrected chi connectivity index (χ1v) is 11.9. The van der Waals surface area contributed by atoms with Crippen molar-refractivity contribution in [1.29, 1.82) is 0 Å². The quantitative estimate of drug-likeness (QED) is 0.288. The normalized spacial score (nSPS) is 11.8. The van der Waals surface area contributed by atoms with Crippen LogP contribution in [0.1, 0.15) is 22.3 Å². The average Bonchev–Trinajstić information content (AvgIpc) is 3.17. The van der Waals surface area contributed by atoms with Gasteiger partial charge in [-0.25, -0.2) is 9.13 Å². The molecule has 2 aromatic carbocycles. The van der Waals surface area contributed by atoms with Gasteiger partial charge in [0.15, 0.2) is 0 Å². The standard InChI is InChI=1S/C22H29N2O3Si.BF4/c1-17-13-18(2)22(19(3)14-17)24-12-11-23(16-24)15-20-7-9-21(10-8-20)28(25-4,26-5)27-6;2-1(3,4)5/h7-14,16H,15H2,1-6H3;/q+1;-1. The highest BCUT2D eigenvalue weighted by Gasteiger charge is 2.40. The molecule has 0 spiro atoms. The molecular weight excluding hydrogens is 455 g/mol. The van der Waals surface area contributed by atoms with Crippen LogP contribution in [0.5, 0.6) is 0 Å². The maximum absolute atomic E-state index is 9.75. The monoisotopic (exact) mass is 484 g/mol. The Morgan fingerprint density at radius 3 is 1.82 bits per heavy atom. The summed E-state index contributed by atoms with van der Waals surface area (Å²) in [6, 6.07) is 12.7. The second-order valence-electron chi connectivity index (χ2n) is 7.60. The molecule has 1 heterocycles. The minimum atomic E-state index is -6.00. The summed E-state index contributed by atoms with van der Waals surface area (Å²) in [5.41, 5.74) is 6.31. The van der Waals surface area contributed by atoms with Gasteiger partial charge in [-0.1, -0.05) is 42.0 Å². The van der Waals surface area contributed by atoms with Crippen molar-refractivity contribution < 1.29 is 35.1 Å². The zero-order chi connectivity index (χ0) is 24.8. The molecule has 0 aliphatic heterocycles. The predicted molar refractivity (Wildman–Crippen MR) is 122 cm³/mol. The molecule has 1 aromatic heterocycles. The van der Waals surface area contributed by atoms with Gasteiger partial charge in [0.2, 0.25) is 6.33 Å². The third-order valence-electron chi connectivity index (χ3n) is 5.06. The fraction of sp³-hybridized carbons (Fsp3) is 0.318. The number of halogens is 4. The van der Waals surface area contributed by atoms with Crippen LogP contribution in [-0.2, 0) is 19.8 Å². The molecule has 0 bridgehead atoms. The van der Waals surface area contributed by atoms with Crippen molar-refractivity contribution in [2.45, 2.75) is 27.3 Å². The molecule has 0 unspecified atom stereocenters. The van der Waals surface area contributed by atoms with Crippen molar-refractivity contribution in [3.05, 3.63) is 77.4 Å². The molecule has 0 atom stereocenters. The van der Waals surface area contributed by atoms with Crippen molar-refractivity contribution >= 4 is 21.2 Å². The van der Waals surface area contributed by atoms with Gasteiger partial charge in [-0.3, -0.25) is 0 Å². The van der Waals surface area contributed by atoms with E-state index in [-0.39, 0.29) is 0 Å². The van der Waals surface area contributed by atoms with Crippen molar-refractivity contribution in [1.82, 2.24) is 4.57 Å². The van der Waals surface area contributed by atoms with Gasteiger partial charge in [0, 0.05) is 26.5 Å². The summed E-state index contributed by atoms with van der Waals surface area (Å²) in [4.78, 5) is 0. The Bertz CT molecular complexity index is 1020. The number of rotatable bonds is 7. The maximum atomic E-state index is 9.75. The van der Waals surface area contributed by atoms with Gasteiger partial charge in [-0.15, -0.1) is 0 Å². The molecule has 0 saturated carbocycles. The molecule has 0 amide bonds. The summed E-state index contributed by atoms with van der Waals surface area (Å²) in [5, 5.41) is 0.956. The van der Waals surface area contributed by atoms with Crippen molar-refractivity contribution in [2.75, 3.05) is 21.3 Å². The van der Waals surface area contributed by atoms with E-state index < -0.39 is 16.1 Å². The topological polar surface area (TPSA) is 36.5 Å². The van der Waals surface area contributed by atoms with Crippen LogP contribution in [0.2, 0.25) is 0 Å². The van der Waals surface area contributed by atoms with Crippen LogP contribution in [0.4, 0.5) is 17.3 Å². The SMILES string of the molecule is CO[Si](OC)(OC)c1ccc(Cn2cc[n+](-c3c(C)cc(C)cc3C)c2)cc1.F[B-](F)(F)F. The number of hydrogen-bond donors (Lipinski definition) is 0. The van der Waals surface area contributed by atoms with Crippen LogP contribution < -0.4 is 9.75 Å². The number of aromatic nitrogens is 2. The Balaban J connectivity index is 0.000000696. The molecule has 0 aliphatic rings. The molecule has 33 heavy (non-hydrogen) atoms. The molecule has 0 aliphatic carbocycles. The van der Waals surface area contributed by atoms with Crippen LogP contribution in [0, 0.1) is 20.8 Å². The minimum absolute atomic E-state index is 0.790. The van der Waals surface area contributed by atoms with E-state index in [0.717, 1.165) is 11.7 Å². The summed E-state index contributed by atoms with van der Waals surface area (Å²) in [5.74, 6) is 0. The van der Waals surface area contributed by atoms with E-state index in [9.17, 15) is 17.3 Å². The van der Waals surface area contributed by atoms with E-state index in [0.29, 0.717) is 0 Å². The summed E-state index contributed by atoms with van der Waals surface area (Å²) in [6.07, 6.45) is 6.35. The van der Waals surface area contributed by atoms with Crippen LogP contribution in [0.3, 0.4) is 0 Å². The van der Waals surface area contributed by atoms with E-state index in [4.69, 9.17) is 13.3 Å². The summed E-state index contributed by atoms with van der Waals surface area (Å²) >= 11 is 0. The van der Waals surface area contributed by atoms with Gasteiger partial charge in [0.1, 0.15) is 24.6 Å². The van der Waals surface area contributed by atoms with Crippen LogP contribution >= 0.6 is 0 Å². The lowest BCUT2D eigenvalue weighted by Gasteiger charge is -2.24. The van der Waals surface area contributed by atoms with Gasteiger partial charge in [-0.05, 0) is 37.5 Å². The molecule has 3 aromatic rings. The first-order valence-electron chi connectivity index (χ1n) is 10.2. The largest absolute Gasteiger partial charge is 0.673 e. The summed E-state index contributed by atoms with van der Waals surface area (Å²) < 4.78 is 60.0. The highest BCUT2D eigenvalue weighted by atomic mass is 28.4. The minimum Gasteiger partial charge on any atom is -0.418 e. The number of nitrogens with zero attached hydrogens (tertiary/aromatic N) is 2. The van der Waals surface area contributed by atoms with E-state index in [1.807, 2.05) is 12.1 Å². The Morgan fingerprint density at radius 1 is 0.879 bits per heavy atom. The number of imidazole rings is 1. The lowest BCUT2D eigenvalue weighted by Crippen LogP contribution is -2.54. The lowest BCUT2D eigenvalue weighted by atomic mass is 10.1. The number of hydrogen-bond acceptors (Lipinski definition) is 3. The summed E-state index contributed by atoms with van der Waals surface area (Å²) in [7, 11) is -3.90. The molecule has 0 radical (unpaired) electrons. The smallest absolute Gasteiger partial charge is 0.418 e. The van der Waals surface area contributed by atoms with E-state index >= 15 is 0 Å². The predicted octanol–water partition coefficient (Wildman–Crippen LogP) is 4.12. The summed E-state index contributed by atoms with van der Waals surface area (Å²) in [6.45, 7) is 7.25. The van der Waals surface area contributed by atoms with Gasteiger partial charge in [0.25, 0.3) is 0 Å². The molecular formula is C22H29BF4N2O3Si. The molecule has 180 valence electrons.